The third-order valence-electron chi connectivity index (χ3n) is 6.26. The molecule has 2 aromatic rings. The van der Waals surface area contributed by atoms with Crippen LogP contribution in [0.2, 0.25) is 0 Å². The summed E-state index contributed by atoms with van der Waals surface area (Å²) >= 11 is 1.67. The Hall–Kier alpha value is -2.75. The lowest BCUT2D eigenvalue weighted by molar-refractivity contribution is -0.352. The lowest BCUT2D eigenvalue weighted by atomic mass is 10.0. The second-order valence-corrected chi connectivity index (χ2v) is 9.92. The van der Waals surface area contributed by atoms with Gasteiger partial charge in [-0.15, -0.1) is 0 Å². The van der Waals surface area contributed by atoms with E-state index in [9.17, 15) is 22.4 Å². The van der Waals surface area contributed by atoms with Gasteiger partial charge in [-0.2, -0.15) is 17.2 Å². The number of nitrogens with zero attached hydrogens (tertiary/aromatic N) is 3. The van der Waals surface area contributed by atoms with E-state index in [1.807, 2.05) is 12.1 Å². The Kier molecular flexibility index (Phi) is 7.59. The van der Waals surface area contributed by atoms with Gasteiger partial charge >= 0.3 is 6.18 Å². The van der Waals surface area contributed by atoms with E-state index in [0.29, 0.717) is 30.8 Å². The fourth-order valence-electron chi connectivity index (χ4n) is 4.45. The fourth-order valence-corrected chi connectivity index (χ4v) is 5.50. The van der Waals surface area contributed by atoms with Crippen LogP contribution < -0.4 is 9.64 Å². The molecule has 10 heteroatoms. The van der Waals surface area contributed by atoms with Crippen LogP contribution in [0, 0.1) is 11.7 Å². The van der Waals surface area contributed by atoms with Crippen LogP contribution in [0.3, 0.4) is 0 Å². The monoisotopic (exact) mass is 510 g/mol. The average molecular weight is 511 g/mol. The first-order chi connectivity index (χ1) is 16.7. The molecule has 2 aliphatic heterocycles. The van der Waals surface area contributed by atoms with Crippen molar-refractivity contribution in [3.63, 3.8) is 0 Å². The van der Waals surface area contributed by atoms with Gasteiger partial charge in [-0.3, -0.25) is 4.79 Å². The fraction of sp³-hybridized carbons (Fsp3) is 0.440. The molecule has 0 bridgehead atoms. The van der Waals surface area contributed by atoms with Gasteiger partial charge in [0.1, 0.15) is 11.6 Å². The molecular formula is C25H28F4N3O2S+. The molecule has 2 aromatic carbocycles. The molecule has 35 heavy (non-hydrogen) atoms. The van der Waals surface area contributed by atoms with Crippen LogP contribution in [0.15, 0.2) is 41.3 Å². The zero-order chi connectivity index (χ0) is 25.2. The SMILES string of the molecule is COc1ccc(S[N+]2=CC(C)CCC2)cc1N1CCN(C(=O)c2ccc(F)cc2C(F)(F)F)CC1. The molecule has 0 spiro atoms. The van der Waals surface area contributed by atoms with Gasteiger partial charge in [-0.1, -0.05) is 6.92 Å². The number of hydrogen-bond acceptors (Lipinski definition) is 4. The topological polar surface area (TPSA) is 35.8 Å². The number of hydrogen-bond donors (Lipinski definition) is 0. The summed E-state index contributed by atoms with van der Waals surface area (Å²) < 4.78 is 61.4. The quantitative estimate of drug-likeness (QED) is 0.309. The first kappa shape index (κ1) is 25.3. The zero-order valence-corrected chi connectivity index (χ0v) is 20.5. The molecule has 1 unspecified atom stereocenters. The van der Waals surface area contributed by atoms with Crippen molar-refractivity contribution in [2.45, 2.75) is 30.8 Å². The highest BCUT2D eigenvalue weighted by Gasteiger charge is 2.37. The largest absolute Gasteiger partial charge is 0.495 e. The Labute approximate surface area is 206 Å². The number of rotatable bonds is 5. The van der Waals surface area contributed by atoms with Crippen LogP contribution in [-0.2, 0) is 6.18 Å². The average Bonchev–Trinajstić information content (AvgIpc) is 2.83. The molecule has 5 nitrogen and oxygen atoms in total. The molecule has 0 saturated carbocycles. The standard InChI is InChI=1S/C25H28F4N3O2S/c1-17-4-3-9-32(16-17)35-19-6-8-23(34-2)22(15-19)30-10-12-31(13-11-30)24(33)20-7-5-18(26)14-21(20)25(27,28)29/h5-8,14-17H,3-4,9-13H2,1-2H3/q+1. The summed E-state index contributed by atoms with van der Waals surface area (Å²) in [5.74, 6) is -0.537. The lowest BCUT2D eigenvalue weighted by Crippen LogP contribution is -2.49. The number of carbonyl (C=O) groups is 1. The third kappa shape index (κ3) is 5.91. The maximum absolute atomic E-state index is 13.4. The number of piperazine rings is 1. The summed E-state index contributed by atoms with van der Waals surface area (Å²) in [5.41, 5.74) is -0.900. The highest BCUT2D eigenvalue weighted by atomic mass is 32.2. The van der Waals surface area contributed by atoms with E-state index in [0.717, 1.165) is 35.7 Å². The summed E-state index contributed by atoms with van der Waals surface area (Å²) in [6.45, 7) is 4.55. The maximum Gasteiger partial charge on any atom is 0.417 e. The predicted octanol–water partition coefficient (Wildman–Crippen LogP) is 5.34. The van der Waals surface area contributed by atoms with Gasteiger partial charge in [-0.05, 0) is 42.8 Å². The summed E-state index contributed by atoms with van der Waals surface area (Å²) in [6, 6.07) is 8.14. The Balaban J connectivity index is 1.48. The van der Waals surface area contributed by atoms with Crippen LogP contribution in [-0.4, -0.2) is 60.8 Å². The van der Waals surface area contributed by atoms with Crippen LogP contribution in [0.25, 0.3) is 0 Å². The minimum Gasteiger partial charge on any atom is -0.495 e. The highest BCUT2D eigenvalue weighted by Crippen LogP contribution is 2.36. The molecule has 1 amide bonds. The number of methoxy groups -OCH3 is 1. The van der Waals surface area contributed by atoms with Crippen molar-refractivity contribution in [2.24, 2.45) is 5.92 Å². The van der Waals surface area contributed by atoms with E-state index in [2.05, 4.69) is 28.1 Å². The minimum atomic E-state index is -4.82. The van der Waals surface area contributed by atoms with Crippen LogP contribution in [0.1, 0.15) is 35.7 Å². The third-order valence-corrected chi connectivity index (χ3v) is 7.26. The molecule has 0 aromatic heterocycles. The number of benzene rings is 2. The van der Waals surface area contributed by atoms with Crippen LogP contribution in [0.5, 0.6) is 5.75 Å². The molecule has 1 saturated heterocycles. The molecule has 0 radical (unpaired) electrons. The number of anilines is 1. The number of halogens is 4. The molecular weight excluding hydrogens is 482 g/mol. The van der Waals surface area contributed by atoms with E-state index in [4.69, 9.17) is 4.74 Å². The van der Waals surface area contributed by atoms with E-state index in [-0.39, 0.29) is 13.1 Å². The second kappa shape index (κ2) is 10.5. The Bertz CT molecular complexity index is 1110. The molecule has 1 fully saturated rings. The number of carbonyl (C=O) groups excluding carboxylic acids is 1. The van der Waals surface area contributed by atoms with Gasteiger partial charge in [0, 0.05) is 38.5 Å². The van der Waals surface area contributed by atoms with E-state index >= 15 is 0 Å². The van der Waals surface area contributed by atoms with Crippen molar-refractivity contribution in [1.82, 2.24) is 4.90 Å². The first-order valence-electron chi connectivity index (χ1n) is 11.5. The summed E-state index contributed by atoms with van der Waals surface area (Å²) in [7, 11) is 1.60. The van der Waals surface area contributed by atoms with Crippen molar-refractivity contribution in [1.29, 1.82) is 0 Å². The Morgan fingerprint density at radius 1 is 1.11 bits per heavy atom. The van der Waals surface area contributed by atoms with Gasteiger partial charge in [0.25, 0.3) is 5.91 Å². The molecule has 0 N–H and O–H groups in total. The smallest absolute Gasteiger partial charge is 0.417 e. The molecule has 188 valence electrons. The van der Waals surface area contributed by atoms with Gasteiger partial charge in [0.15, 0.2) is 24.7 Å². The van der Waals surface area contributed by atoms with E-state index in [1.54, 1.807) is 19.1 Å². The number of amides is 1. The van der Waals surface area contributed by atoms with Gasteiger partial charge < -0.3 is 14.5 Å². The van der Waals surface area contributed by atoms with Crippen molar-refractivity contribution in [3.8, 4) is 5.75 Å². The number of ether oxygens (including phenoxy) is 1. The van der Waals surface area contributed by atoms with Gasteiger partial charge in [-0.25, -0.2) is 4.39 Å². The normalized spacial score (nSPS) is 18.9. The highest BCUT2D eigenvalue weighted by molar-refractivity contribution is 7.93. The Morgan fingerprint density at radius 2 is 1.86 bits per heavy atom. The van der Waals surface area contributed by atoms with E-state index in [1.165, 1.54) is 11.3 Å². The summed E-state index contributed by atoms with van der Waals surface area (Å²) in [5, 5.41) is 0. The lowest BCUT2D eigenvalue weighted by Gasteiger charge is -2.37. The maximum atomic E-state index is 13.4. The number of alkyl halides is 3. The van der Waals surface area contributed by atoms with Gasteiger partial charge in [0.05, 0.1) is 28.8 Å². The summed E-state index contributed by atoms with van der Waals surface area (Å²) in [4.78, 5) is 17.4. The molecule has 0 aliphatic carbocycles. The first-order valence-corrected chi connectivity index (χ1v) is 12.3. The minimum absolute atomic E-state index is 0.242. The van der Waals surface area contributed by atoms with Crippen LogP contribution >= 0.6 is 11.9 Å². The Morgan fingerprint density at radius 3 is 2.51 bits per heavy atom. The summed E-state index contributed by atoms with van der Waals surface area (Å²) in [6.07, 6.45) is -0.235. The zero-order valence-electron chi connectivity index (χ0n) is 19.6. The second-order valence-electron chi connectivity index (χ2n) is 8.80. The molecule has 2 heterocycles. The van der Waals surface area contributed by atoms with Crippen LogP contribution in [0.4, 0.5) is 23.2 Å². The van der Waals surface area contributed by atoms with Crippen molar-refractivity contribution in [3.05, 3.63) is 53.3 Å². The van der Waals surface area contributed by atoms with Gasteiger partial charge in [0.2, 0.25) is 0 Å². The molecule has 1 atom stereocenters. The van der Waals surface area contributed by atoms with Crippen molar-refractivity contribution >= 4 is 29.8 Å². The predicted molar refractivity (Wildman–Crippen MR) is 128 cm³/mol. The van der Waals surface area contributed by atoms with Crippen molar-refractivity contribution in [2.75, 3.05) is 44.7 Å². The van der Waals surface area contributed by atoms with E-state index < -0.39 is 29.0 Å². The molecule has 2 aliphatic rings. The molecule has 4 rings (SSSR count). The van der Waals surface area contributed by atoms with Crippen molar-refractivity contribution < 1.29 is 31.1 Å².